The van der Waals surface area contributed by atoms with E-state index < -0.39 is 5.91 Å². The van der Waals surface area contributed by atoms with Gasteiger partial charge in [-0.15, -0.1) is 0 Å². The summed E-state index contributed by atoms with van der Waals surface area (Å²) in [4.78, 5) is 12.7. The maximum Gasteiger partial charge on any atom is 0.262 e. The zero-order chi connectivity index (χ0) is 23.2. The first-order valence-corrected chi connectivity index (χ1v) is 10.7. The normalized spacial score (nSPS) is 11.2. The Morgan fingerprint density at radius 1 is 1.06 bits per heavy atom. The molecule has 0 unspecified atom stereocenters. The van der Waals surface area contributed by atoms with Crippen molar-refractivity contribution < 1.29 is 9.53 Å². The Morgan fingerprint density at radius 3 is 2.58 bits per heavy atom. The fraction of sp³-hybridized carbons (Fsp3) is 0.143. The predicted molar refractivity (Wildman–Crippen MR) is 131 cm³/mol. The highest BCUT2D eigenvalue weighted by Crippen LogP contribution is 2.25. The zero-order valence-electron chi connectivity index (χ0n) is 18.7. The maximum atomic E-state index is 12.7. The van der Waals surface area contributed by atoms with Crippen molar-refractivity contribution in [2.75, 3.05) is 7.11 Å². The molecule has 0 saturated heterocycles. The number of nitrogens with zero attached hydrogens (tertiary/aromatic N) is 2. The number of hydrogen-bond donors (Lipinski definition) is 1. The van der Waals surface area contributed by atoms with Gasteiger partial charge in [0.15, 0.2) is 0 Å². The lowest BCUT2D eigenvalue weighted by molar-refractivity contribution is -0.117. The van der Waals surface area contributed by atoms with Crippen LogP contribution < -0.4 is 10.1 Å². The van der Waals surface area contributed by atoms with Gasteiger partial charge in [-0.3, -0.25) is 4.79 Å². The minimum Gasteiger partial charge on any atom is -0.497 e. The molecule has 0 aliphatic carbocycles. The SMILES string of the molecule is COc1ccc(CNC(=O)/C(C#N)=C\c2cn(Cc3cccc(C)c3)c3ccccc23)cc1. The Bertz CT molecular complexity index is 1360. The second-order valence-corrected chi connectivity index (χ2v) is 7.92. The minimum absolute atomic E-state index is 0.0713. The molecule has 4 rings (SSSR count). The highest BCUT2D eigenvalue weighted by molar-refractivity contribution is 6.04. The summed E-state index contributed by atoms with van der Waals surface area (Å²) in [5.74, 6) is 0.355. The molecule has 1 aromatic heterocycles. The van der Waals surface area contributed by atoms with Gasteiger partial charge in [0, 0.05) is 35.8 Å². The lowest BCUT2D eigenvalue weighted by Crippen LogP contribution is -2.23. The molecule has 0 fully saturated rings. The van der Waals surface area contributed by atoms with E-state index in [1.807, 2.05) is 48.7 Å². The van der Waals surface area contributed by atoms with E-state index >= 15 is 0 Å². The van der Waals surface area contributed by atoms with Gasteiger partial charge < -0.3 is 14.6 Å². The van der Waals surface area contributed by atoms with E-state index in [1.165, 1.54) is 11.1 Å². The Labute approximate surface area is 193 Å². The molecule has 0 radical (unpaired) electrons. The van der Waals surface area contributed by atoms with Crippen molar-refractivity contribution in [1.82, 2.24) is 9.88 Å². The summed E-state index contributed by atoms with van der Waals surface area (Å²) in [5, 5.41) is 13.5. The van der Waals surface area contributed by atoms with Crippen LogP contribution in [0.4, 0.5) is 0 Å². The molecule has 0 aliphatic rings. The second kappa shape index (κ2) is 9.88. The van der Waals surface area contributed by atoms with Crippen LogP contribution in [0, 0.1) is 18.3 Å². The molecular formula is C28H25N3O2. The smallest absolute Gasteiger partial charge is 0.262 e. The van der Waals surface area contributed by atoms with Gasteiger partial charge in [-0.1, -0.05) is 60.2 Å². The molecule has 1 heterocycles. The molecule has 5 heteroatoms. The predicted octanol–water partition coefficient (Wildman–Crippen LogP) is 5.23. The van der Waals surface area contributed by atoms with Crippen LogP contribution in [-0.2, 0) is 17.9 Å². The van der Waals surface area contributed by atoms with Gasteiger partial charge in [-0.25, -0.2) is 0 Å². The number of methoxy groups -OCH3 is 1. The molecule has 4 aromatic rings. The Kier molecular flexibility index (Phi) is 6.56. The number of nitrogens with one attached hydrogen (secondary N) is 1. The van der Waals surface area contributed by atoms with E-state index in [1.54, 1.807) is 13.2 Å². The van der Waals surface area contributed by atoms with Gasteiger partial charge in [0.2, 0.25) is 0 Å². The number of amides is 1. The quantitative estimate of drug-likeness (QED) is 0.319. The van der Waals surface area contributed by atoms with E-state index in [0.29, 0.717) is 13.1 Å². The number of aryl methyl sites for hydroxylation is 1. The topological polar surface area (TPSA) is 67.0 Å². The fourth-order valence-electron chi connectivity index (χ4n) is 3.85. The molecule has 0 bridgehead atoms. The van der Waals surface area contributed by atoms with Crippen molar-refractivity contribution in [2.45, 2.75) is 20.0 Å². The summed E-state index contributed by atoms with van der Waals surface area (Å²) < 4.78 is 7.31. The first-order chi connectivity index (χ1) is 16.1. The highest BCUT2D eigenvalue weighted by atomic mass is 16.5. The van der Waals surface area contributed by atoms with Gasteiger partial charge in [0.05, 0.1) is 7.11 Å². The fourth-order valence-corrected chi connectivity index (χ4v) is 3.85. The molecule has 0 aliphatic heterocycles. The van der Waals surface area contributed by atoms with E-state index in [2.05, 4.69) is 53.2 Å². The summed E-state index contributed by atoms with van der Waals surface area (Å²) in [7, 11) is 1.61. The minimum atomic E-state index is -0.399. The number of carbonyl (C=O) groups is 1. The van der Waals surface area contributed by atoms with Gasteiger partial charge in [0.1, 0.15) is 17.4 Å². The number of hydrogen-bond acceptors (Lipinski definition) is 3. The van der Waals surface area contributed by atoms with Gasteiger partial charge in [-0.2, -0.15) is 5.26 Å². The number of benzene rings is 3. The van der Waals surface area contributed by atoms with Crippen LogP contribution in [0.1, 0.15) is 22.3 Å². The molecule has 0 spiro atoms. The maximum absolute atomic E-state index is 12.7. The second-order valence-electron chi connectivity index (χ2n) is 7.92. The third-order valence-corrected chi connectivity index (χ3v) is 5.53. The molecule has 164 valence electrons. The molecule has 0 atom stereocenters. The van der Waals surface area contributed by atoms with Gasteiger partial charge in [0.25, 0.3) is 5.91 Å². The van der Waals surface area contributed by atoms with Crippen LogP contribution in [0.3, 0.4) is 0 Å². The number of carbonyl (C=O) groups excluding carboxylic acids is 1. The van der Waals surface area contributed by atoms with Crippen molar-refractivity contribution in [3.05, 3.63) is 107 Å². The zero-order valence-corrected chi connectivity index (χ0v) is 18.7. The first-order valence-electron chi connectivity index (χ1n) is 10.7. The largest absolute Gasteiger partial charge is 0.497 e. The Morgan fingerprint density at radius 2 is 1.85 bits per heavy atom. The molecule has 3 aromatic carbocycles. The van der Waals surface area contributed by atoms with Crippen LogP contribution >= 0.6 is 0 Å². The number of aromatic nitrogens is 1. The van der Waals surface area contributed by atoms with Crippen molar-refractivity contribution in [1.29, 1.82) is 5.26 Å². The summed E-state index contributed by atoms with van der Waals surface area (Å²) in [6.07, 6.45) is 3.67. The standard InChI is InChI=1S/C28H25N3O2/c1-20-6-5-7-22(14-20)18-31-19-24(26-8-3-4-9-27(26)31)15-23(16-29)28(32)30-17-21-10-12-25(33-2)13-11-21/h3-15,19H,17-18H2,1-2H3,(H,30,32)/b23-15-. The van der Waals surface area contributed by atoms with E-state index in [9.17, 15) is 10.1 Å². The van der Waals surface area contributed by atoms with Crippen LogP contribution in [0.5, 0.6) is 5.75 Å². The number of rotatable bonds is 7. The summed E-state index contributed by atoms with van der Waals surface area (Å²) in [5.41, 5.74) is 5.31. The van der Waals surface area contributed by atoms with E-state index in [0.717, 1.165) is 27.8 Å². The van der Waals surface area contributed by atoms with E-state index in [-0.39, 0.29) is 5.57 Å². The van der Waals surface area contributed by atoms with Crippen molar-refractivity contribution in [3.8, 4) is 11.8 Å². The van der Waals surface area contributed by atoms with Crippen molar-refractivity contribution in [3.63, 3.8) is 0 Å². The molecule has 1 N–H and O–H groups in total. The van der Waals surface area contributed by atoms with E-state index in [4.69, 9.17) is 4.74 Å². The lowest BCUT2D eigenvalue weighted by Gasteiger charge is -2.06. The third-order valence-electron chi connectivity index (χ3n) is 5.53. The van der Waals surface area contributed by atoms with Crippen molar-refractivity contribution >= 4 is 22.9 Å². The first kappa shape index (κ1) is 21.9. The highest BCUT2D eigenvalue weighted by Gasteiger charge is 2.13. The molecule has 1 amide bonds. The molecule has 33 heavy (non-hydrogen) atoms. The molecule has 5 nitrogen and oxygen atoms in total. The number of fused-ring (bicyclic) bond motifs is 1. The summed E-state index contributed by atoms with van der Waals surface area (Å²) in [6, 6.07) is 25.9. The Hall–Kier alpha value is -4.30. The molecular weight excluding hydrogens is 410 g/mol. The number of para-hydroxylation sites is 1. The van der Waals surface area contributed by atoms with Crippen LogP contribution in [-0.4, -0.2) is 17.6 Å². The Balaban J connectivity index is 1.58. The third kappa shape index (κ3) is 5.13. The van der Waals surface area contributed by atoms with Crippen LogP contribution in [0.2, 0.25) is 0 Å². The average Bonchev–Trinajstić information content (AvgIpc) is 3.18. The number of ether oxygens (including phenoxy) is 1. The summed E-state index contributed by atoms with van der Waals surface area (Å²) >= 11 is 0. The van der Waals surface area contributed by atoms with Gasteiger partial charge in [-0.05, 0) is 42.3 Å². The monoisotopic (exact) mass is 435 g/mol. The summed E-state index contributed by atoms with van der Waals surface area (Å²) in [6.45, 7) is 3.12. The lowest BCUT2D eigenvalue weighted by atomic mass is 10.1. The van der Waals surface area contributed by atoms with Crippen LogP contribution in [0.25, 0.3) is 17.0 Å². The average molecular weight is 436 g/mol. The molecule has 0 saturated carbocycles. The number of nitriles is 1. The van der Waals surface area contributed by atoms with Crippen molar-refractivity contribution in [2.24, 2.45) is 0 Å². The van der Waals surface area contributed by atoms with Gasteiger partial charge >= 0.3 is 0 Å². The van der Waals surface area contributed by atoms with Crippen LogP contribution in [0.15, 0.2) is 84.6 Å².